The summed E-state index contributed by atoms with van der Waals surface area (Å²) in [5.41, 5.74) is 3.12. The van der Waals surface area contributed by atoms with Crippen molar-refractivity contribution in [3.63, 3.8) is 0 Å². The number of nitrogens with zero attached hydrogens (tertiary/aromatic N) is 1. The number of halogens is 1. The first-order valence-electron chi connectivity index (χ1n) is 9.97. The molecule has 0 aromatic heterocycles. The van der Waals surface area contributed by atoms with Crippen LogP contribution in [0.1, 0.15) is 29.5 Å². The van der Waals surface area contributed by atoms with Gasteiger partial charge in [0.25, 0.3) is 0 Å². The average molecular weight is 378 g/mol. The van der Waals surface area contributed by atoms with E-state index in [4.69, 9.17) is 0 Å². The summed E-state index contributed by atoms with van der Waals surface area (Å²) in [5, 5.41) is 2.99. The molecule has 5 heteroatoms. The molecule has 0 bridgehead atoms. The van der Waals surface area contributed by atoms with Crippen molar-refractivity contribution >= 4 is 11.8 Å². The van der Waals surface area contributed by atoms with Crippen LogP contribution in [0, 0.1) is 17.2 Å². The molecule has 2 fully saturated rings. The van der Waals surface area contributed by atoms with E-state index in [2.05, 4.69) is 5.32 Å². The third-order valence-electron chi connectivity index (χ3n) is 6.55. The molecule has 0 saturated heterocycles. The SMILES string of the molecule is O=C(NCCc1ccc(F)cc1)C1Cc2ccccc2CN1C(=O)C12CC1C2. The van der Waals surface area contributed by atoms with Crippen LogP contribution in [0.4, 0.5) is 4.39 Å². The molecule has 1 atom stereocenters. The molecule has 5 rings (SSSR count). The third kappa shape index (κ3) is 2.99. The van der Waals surface area contributed by atoms with Gasteiger partial charge in [0.05, 0.1) is 5.41 Å². The number of hydrogen-bond acceptors (Lipinski definition) is 2. The normalized spacial score (nSPS) is 26.8. The van der Waals surface area contributed by atoms with Crippen molar-refractivity contribution in [3.05, 3.63) is 71.0 Å². The van der Waals surface area contributed by atoms with Crippen molar-refractivity contribution in [2.75, 3.05) is 6.54 Å². The summed E-state index contributed by atoms with van der Waals surface area (Å²) < 4.78 is 13.0. The fourth-order valence-corrected chi connectivity index (χ4v) is 4.41. The molecule has 4 nitrogen and oxygen atoms in total. The minimum atomic E-state index is -0.452. The summed E-state index contributed by atoms with van der Waals surface area (Å²) in [6, 6.07) is 13.9. The van der Waals surface area contributed by atoms with Crippen LogP contribution in [0.3, 0.4) is 0 Å². The maximum Gasteiger partial charge on any atom is 0.243 e. The van der Waals surface area contributed by atoms with E-state index < -0.39 is 6.04 Å². The number of nitrogens with one attached hydrogen (secondary N) is 1. The van der Waals surface area contributed by atoms with Crippen LogP contribution in [0.5, 0.6) is 0 Å². The van der Waals surface area contributed by atoms with E-state index in [1.807, 2.05) is 29.2 Å². The highest BCUT2D eigenvalue weighted by atomic mass is 19.1. The van der Waals surface area contributed by atoms with E-state index in [-0.39, 0.29) is 23.0 Å². The summed E-state index contributed by atoms with van der Waals surface area (Å²) in [4.78, 5) is 27.9. The summed E-state index contributed by atoms with van der Waals surface area (Å²) in [6.07, 6.45) is 3.17. The number of benzene rings is 2. The molecule has 1 N–H and O–H groups in total. The van der Waals surface area contributed by atoms with Crippen LogP contribution in [-0.4, -0.2) is 29.3 Å². The zero-order valence-electron chi connectivity index (χ0n) is 15.7. The van der Waals surface area contributed by atoms with Crippen LogP contribution in [-0.2, 0) is 29.0 Å². The topological polar surface area (TPSA) is 49.4 Å². The fraction of sp³-hybridized carbons (Fsp3) is 0.391. The number of amides is 2. The Morgan fingerprint density at radius 2 is 1.75 bits per heavy atom. The molecule has 2 saturated carbocycles. The van der Waals surface area contributed by atoms with Crippen LogP contribution < -0.4 is 5.32 Å². The van der Waals surface area contributed by atoms with Gasteiger partial charge in [0.2, 0.25) is 11.8 Å². The summed E-state index contributed by atoms with van der Waals surface area (Å²) in [5.74, 6) is 0.352. The number of rotatable bonds is 5. The molecule has 0 radical (unpaired) electrons. The highest BCUT2D eigenvalue weighted by Crippen LogP contribution is 2.76. The second kappa shape index (κ2) is 6.43. The molecule has 1 aliphatic heterocycles. The molecule has 1 unspecified atom stereocenters. The largest absolute Gasteiger partial charge is 0.354 e. The Hall–Kier alpha value is -2.69. The quantitative estimate of drug-likeness (QED) is 0.870. The van der Waals surface area contributed by atoms with Gasteiger partial charge in [0.15, 0.2) is 0 Å². The van der Waals surface area contributed by atoms with Crippen LogP contribution in [0.25, 0.3) is 0 Å². The first-order valence-corrected chi connectivity index (χ1v) is 9.97. The van der Waals surface area contributed by atoms with Crippen molar-refractivity contribution in [2.24, 2.45) is 11.3 Å². The molecule has 0 spiro atoms. The Morgan fingerprint density at radius 1 is 1.07 bits per heavy atom. The zero-order valence-corrected chi connectivity index (χ0v) is 15.7. The highest BCUT2D eigenvalue weighted by Gasteiger charge is 2.75. The van der Waals surface area contributed by atoms with Crippen molar-refractivity contribution in [2.45, 2.75) is 38.3 Å². The minimum Gasteiger partial charge on any atom is -0.354 e. The second-order valence-electron chi connectivity index (χ2n) is 8.35. The van der Waals surface area contributed by atoms with E-state index in [0.29, 0.717) is 31.8 Å². The monoisotopic (exact) mass is 378 g/mol. The molecule has 144 valence electrons. The Kier molecular flexibility index (Phi) is 4.00. The standard InChI is InChI=1S/C23H23FN2O2/c24-19-7-5-15(6-8-19)9-10-25-21(27)20-11-16-3-1-2-4-17(16)14-26(20)22(28)23-12-18(23)13-23/h1-8,18,20H,9-14H2,(H,25,27). The van der Waals surface area contributed by atoms with Gasteiger partial charge in [-0.3, -0.25) is 9.59 Å². The van der Waals surface area contributed by atoms with Gasteiger partial charge in [0.1, 0.15) is 11.9 Å². The molecule has 2 aromatic carbocycles. The smallest absolute Gasteiger partial charge is 0.243 e. The molecule has 3 aliphatic rings. The number of fused-ring (bicyclic) bond motifs is 2. The van der Waals surface area contributed by atoms with E-state index in [1.54, 1.807) is 12.1 Å². The maximum absolute atomic E-state index is 13.1. The minimum absolute atomic E-state index is 0.0979. The highest BCUT2D eigenvalue weighted by molar-refractivity contribution is 5.95. The van der Waals surface area contributed by atoms with Crippen molar-refractivity contribution in [1.29, 1.82) is 0 Å². The Bertz CT molecular complexity index is 934. The van der Waals surface area contributed by atoms with Crippen molar-refractivity contribution in [3.8, 4) is 0 Å². The lowest BCUT2D eigenvalue weighted by atomic mass is 9.92. The molecule has 2 amide bonds. The van der Waals surface area contributed by atoms with E-state index >= 15 is 0 Å². The van der Waals surface area contributed by atoms with Gasteiger partial charge in [-0.2, -0.15) is 0 Å². The first-order chi connectivity index (χ1) is 13.6. The average Bonchev–Trinajstić information content (AvgIpc) is 3.58. The van der Waals surface area contributed by atoms with Crippen LogP contribution in [0.2, 0.25) is 0 Å². The Morgan fingerprint density at radius 3 is 2.43 bits per heavy atom. The number of carbonyl (C=O) groups excluding carboxylic acids is 2. The number of hydrogen-bond donors (Lipinski definition) is 1. The summed E-state index contributed by atoms with van der Waals surface area (Å²) in [6.45, 7) is 0.984. The van der Waals surface area contributed by atoms with E-state index in [9.17, 15) is 14.0 Å². The fourth-order valence-electron chi connectivity index (χ4n) is 4.41. The second-order valence-corrected chi connectivity index (χ2v) is 8.35. The number of carbonyl (C=O) groups is 2. The lowest BCUT2D eigenvalue weighted by molar-refractivity contribution is -0.144. The van der Waals surface area contributed by atoms with Gasteiger partial charge in [-0.1, -0.05) is 36.4 Å². The van der Waals surface area contributed by atoms with E-state index in [1.165, 1.54) is 12.1 Å². The molecule has 2 aromatic rings. The van der Waals surface area contributed by atoms with Crippen molar-refractivity contribution in [1.82, 2.24) is 10.2 Å². The summed E-state index contributed by atoms with van der Waals surface area (Å²) >= 11 is 0. The lowest BCUT2D eigenvalue weighted by Crippen LogP contribution is -2.53. The maximum atomic E-state index is 13.1. The van der Waals surface area contributed by atoms with Gasteiger partial charge < -0.3 is 10.2 Å². The summed E-state index contributed by atoms with van der Waals surface area (Å²) in [7, 11) is 0. The molecular weight excluding hydrogens is 355 g/mol. The van der Waals surface area contributed by atoms with Gasteiger partial charge >= 0.3 is 0 Å². The van der Waals surface area contributed by atoms with Crippen molar-refractivity contribution < 1.29 is 14.0 Å². The van der Waals surface area contributed by atoms with E-state index in [0.717, 1.165) is 29.5 Å². The third-order valence-corrected chi connectivity index (χ3v) is 6.55. The first kappa shape index (κ1) is 17.4. The Labute approximate surface area is 163 Å². The molecule has 2 aliphatic carbocycles. The lowest BCUT2D eigenvalue weighted by Gasteiger charge is -2.37. The predicted octanol–water partition coefficient (Wildman–Crippen LogP) is 2.85. The van der Waals surface area contributed by atoms with Gasteiger partial charge in [-0.25, -0.2) is 4.39 Å². The van der Waals surface area contributed by atoms with Gasteiger partial charge in [0, 0.05) is 19.5 Å². The van der Waals surface area contributed by atoms with Gasteiger partial charge in [-0.05, 0) is 54.0 Å². The zero-order chi connectivity index (χ0) is 19.3. The Balaban J connectivity index is 1.28. The van der Waals surface area contributed by atoms with Crippen LogP contribution in [0.15, 0.2) is 48.5 Å². The predicted molar refractivity (Wildman–Crippen MR) is 103 cm³/mol. The molecule has 28 heavy (non-hydrogen) atoms. The molecule has 1 heterocycles. The van der Waals surface area contributed by atoms with Gasteiger partial charge in [-0.15, -0.1) is 0 Å². The van der Waals surface area contributed by atoms with Crippen LogP contribution >= 0.6 is 0 Å². The molecular formula is C23H23FN2O2.